The van der Waals surface area contributed by atoms with Crippen molar-refractivity contribution in [2.24, 2.45) is 17.3 Å². The van der Waals surface area contributed by atoms with Gasteiger partial charge in [0.05, 0.1) is 24.5 Å². The van der Waals surface area contributed by atoms with Crippen LogP contribution in [-0.2, 0) is 14.3 Å². The summed E-state index contributed by atoms with van der Waals surface area (Å²) in [5.74, 6) is -6.53. The van der Waals surface area contributed by atoms with Gasteiger partial charge in [-0.05, 0) is 26.8 Å². The second kappa shape index (κ2) is 6.33. The molecule has 1 heterocycles. The first-order valence-electron chi connectivity index (χ1n) is 9.14. The van der Waals surface area contributed by atoms with Crippen LogP contribution in [0.2, 0.25) is 0 Å². The van der Waals surface area contributed by atoms with Gasteiger partial charge in [0.25, 0.3) is 0 Å². The molecule has 0 aromatic rings. The summed E-state index contributed by atoms with van der Waals surface area (Å²) in [6.45, 7) is 2.96. The predicted molar refractivity (Wildman–Crippen MR) is 96.9 cm³/mol. The fourth-order valence-corrected chi connectivity index (χ4v) is 5.12. The van der Waals surface area contributed by atoms with Crippen LogP contribution in [0.4, 0.5) is 0 Å². The lowest BCUT2D eigenvalue weighted by Crippen LogP contribution is -2.80. The average Bonchev–Trinajstić information content (AvgIpc) is 2.64. The Hall–Kier alpha value is -1.84. The van der Waals surface area contributed by atoms with Crippen molar-refractivity contribution in [3.63, 3.8) is 0 Å². The molecule has 4 rings (SSSR count). The second-order valence-electron chi connectivity index (χ2n) is 8.27. The van der Waals surface area contributed by atoms with Crippen LogP contribution < -0.4 is 0 Å². The van der Waals surface area contributed by atoms with E-state index in [2.05, 4.69) is 0 Å². The van der Waals surface area contributed by atoms with Crippen LogP contribution >= 0.6 is 0 Å². The molecule has 154 valence electrons. The molecule has 5 N–H and O–H groups in total. The minimum Gasteiger partial charge on any atom is -0.508 e. The first kappa shape index (κ1) is 20.9. The summed E-state index contributed by atoms with van der Waals surface area (Å²) in [5, 5.41) is 52.8. The van der Waals surface area contributed by atoms with E-state index >= 15 is 0 Å². The number of aliphatic hydroxyl groups is 5. The first-order chi connectivity index (χ1) is 12.9. The Morgan fingerprint density at radius 3 is 2.43 bits per heavy atom. The zero-order chi connectivity index (χ0) is 21.1. The lowest BCUT2D eigenvalue weighted by Gasteiger charge is -2.65. The zero-order valence-corrected chi connectivity index (χ0v) is 16.0. The molecule has 3 saturated carbocycles. The third-order valence-corrected chi connectivity index (χ3v) is 6.47. The van der Waals surface area contributed by atoms with Gasteiger partial charge >= 0.3 is 0 Å². The third kappa shape index (κ3) is 2.49. The molecule has 2 bridgehead atoms. The number of Topliss-reactive ketones (excluding diaryl/α,β-unsaturated/α-hetero) is 2. The van der Waals surface area contributed by atoms with Crippen molar-refractivity contribution in [1.29, 1.82) is 0 Å². The average molecular weight is 394 g/mol. The van der Waals surface area contributed by atoms with Crippen molar-refractivity contribution < 1.29 is 39.9 Å². The van der Waals surface area contributed by atoms with Gasteiger partial charge in [-0.3, -0.25) is 9.59 Å². The van der Waals surface area contributed by atoms with Crippen LogP contribution in [0.1, 0.15) is 27.2 Å². The maximum absolute atomic E-state index is 13.3. The van der Waals surface area contributed by atoms with Crippen molar-refractivity contribution in [2.45, 2.75) is 44.2 Å². The van der Waals surface area contributed by atoms with Crippen molar-refractivity contribution in [3.8, 4) is 0 Å². The van der Waals surface area contributed by atoms with E-state index in [0.29, 0.717) is 0 Å². The van der Waals surface area contributed by atoms with Crippen LogP contribution in [-0.4, -0.2) is 67.3 Å². The second-order valence-corrected chi connectivity index (χ2v) is 8.27. The lowest BCUT2D eigenvalue weighted by atomic mass is 9.41. The van der Waals surface area contributed by atoms with Gasteiger partial charge in [-0.15, -0.1) is 0 Å². The number of ether oxygens (including phenoxy) is 1. The van der Waals surface area contributed by atoms with E-state index in [9.17, 15) is 35.1 Å². The third-order valence-electron chi connectivity index (χ3n) is 6.47. The molecule has 4 fully saturated rings. The number of carbonyl (C=O) groups is 2. The largest absolute Gasteiger partial charge is 0.508 e. The van der Waals surface area contributed by atoms with E-state index in [-0.39, 0.29) is 12.0 Å². The monoisotopic (exact) mass is 394 g/mol. The number of hydrogen-bond donors (Lipinski definition) is 5. The highest BCUT2D eigenvalue weighted by molar-refractivity contribution is 6.22. The minimum absolute atomic E-state index is 0.246. The van der Waals surface area contributed by atoms with Gasteiger partial charge in [0.1, 0.15) is 17.0 Å². The molecule has 1 saturated heterocycles. The Bertz CT molecular complexity index is 809. The van der Waals surface area contributed by atoms with E-state index in [1.54, 1.807) is 19.1 Å². The zero-order valence-electron chi connectivity index (χ0n) is 16.0. The molecule has 8 nitrogen and oxygen atoms in total. The summed E-state index contributed by atoms with van der Waals surface area (Å²) in [5.41, 5.74) is -6.19. The molecule has 1 aliphatic heterocycles. The Kier molecular flexibility index (Phi) is 4.72. The number of hydrogen-bond acceptors (Lipinski definition) is 8. The maximum atomic E-state index is 13.3. The van der Waals surface area contributed by atoms with E-state index in [1.807, 2.05) is 0 Å². The number of allylic oxidation sites excluding steroid dienone is 4. The van der Waals surface area contributed by atoms with Crippen molar-refractivity contribution in [1.82, 2.24) is 0 Å². The molecule has 6 unspecified atom stereocenters. The van der Waals surface area contributed by atoms with Crippen LogP contribution in [0, 0.1) is 17.3 Å². The molecule has 0 spiro atoms. The number of carbonyl (C=O) groups excluding carboxylic acids is 2. The quantitative estimate of drug-likeness (QED) is 0.193. The summed E-state index contributed by atoms with van der Waals surface area (Å²) in [6, 6.07) is 0. The number of aliphatic hydroxyl groups excluding tert-OH is 2. The van der Waals surface area contributed by atoms with Crippen molar-refractivity contribution in [3.05, 3.63) is 35.6 Å². The van der Waals surface area contributed by atoms with Gasteiger partial charge in [0.15, 0.2) is 17.4 Å². The molecule has 8 heteroatoms. The highest BCUT2D eigenvalue weighted by atomic mass is 16.6. The van der Waals surface area contributed by atoms with Gasteiger partial charge in [0, 0.05) is 17.9 Å². The minimum atomic E-state index is -2.14. The number of rotatable bonds is 3. The Morgan fingerprint density at radius 2 is 1.86 bits per heavy atom. The van der Waals surface area contributed by atoms with Crippen LogP contribution in [0.15, 0.2) is 35.6 Å². The van der Waals surface area contributed by atoms with E-state index in [4.69, 9.17) is 4.74 Å². The number of ketones is 2. The Balaban J connectivity index is 2.24. The molecule has 4 aliphatic rings. The molecule has 3 aliphatic carbocycles. The van der Waals surface area contributed by atoms with E-state index in [1.165, 1.54) is 26.0 Å². The molecule has 0 amide bonds. The summed E-state index contributed by atoms with van der Waals surface area (Å²) in [7, 11) is 0. The van der Waals surface area contributed by atoms with Gasteiger partial charge in [-0.1, -0.05) is 18.2 Å². The van der Waals surface area contributed by atoms with E-state index < -0.39 is 64.8 Å². The smallest absolute Gasteiger partial charge is 0.189 e. The molecule has 0 radical (unpaired) electrons. The van der Waals surface area contributed by atoms with Crippen LogP contribution in [0.25, 0.3) is 0 Å². The lowest BCUT2D eigenvalue weighted by molar-refractivity contribution is -0.331. The Morgan fingerprint density at radius 1 is 1.21 bits per heavy atom. The normalized spacial score (nSPS) is 47.8. The van der Waals surface area contributed by atoms with Gasteiger partial charge in [0.2, 0.25) is 0 Å². The van der Waals surface area contributed by atoms with Crippen LogP contribution in [0.5, 0.6) is 0 Å². The standard InChI is InChI=1S/C20H26O8/c1-4-5-6-7-11(22)13-14-18(3,25)16(24)17(2,15(13)23)12-8-19(26,9-21)28-10-20(12,14)27/h4-7,12,14,21-22,25-27H,8-10H2,1-3H3/b5-4+,7-6+,13-11-. The molecule has 0 aromatic heterocycles. The van der Waals surface area contributed by atoms with Gasteiger partial charge < -0.3 is 30.3 Å². The predicted octanol–water partition coefficient (Wildman–Crippen LogP) is -0.0818. The van der Waals surface area contributed by atoms with Gasteiger partial charge in [-0.2, -0.15) is 0 Å². The molecule has 28 heavy (non-hydrogen) atoms. The molecular formula is C20H26O8. The van der Waals surface area contributed by atoms with Gasteiger partial charge in [-0.25, -0.2) is 0 Å². The first-order valence-corrected chi connectivity index (χ1v) is 9.14. The van der Waals surface area contributed by atoms with Crippen molar-refractivity contribution >= 4 is 11.6 Å². The summed E-state index contributed by atoms with van der Waals surface area (Å²) in [6.07, 6.45) is 5.70. The summed E-state index contributed by atoms with van der Waals surface area (Å²) >= 11 is 0. The molecule has 6 atom stereocenters. The topological polar surface area (TPSA) is 145 Å². The number of fused-ring (bicyclic) bond motifs is 2. The van der Waals surface area contributed by atoms with Crippen molar-refractivity contribution in [2.75, 3.05) is 13.2 Å². The summed E-state index contributed by atoms with van der Waals surface area (Å²) < 4.78 is 5.26. The molecular weight excluding hydrogens is 368 g/mol. The SMILES string of the molecule is C/C=C/C=C/C(O)=C1/C(=O)C2(C)C(=O)C(C)(O)C1C1(O)COC(O)(CO)CC21. The maximum Gasteiger partial charge on any atom is 0.189 e. The van der Waals surface area contributed by atoms with Crippen LogP contribution in [0.3, 0.4) is 0 Å². The summed E-state index contributed by atoms with van der Waals surface area (Å²) in [4.78, 5) is 26.3. The van der Waals surface area contributed by atoms with E-state index in [0.717, 1.165) is 0 Å². The fourth-order valence-electron chi connectivity index (χ4n) is 5.12. The highest BCUT2D eigenvalue weighted by Gasteiger charge is 2.78. The molecule has 0 aromatic carbocycles. The fraction of sp³-hybridized carbons (Fsp3) is 0.600. The highest BCUT2D eigenvalue weighted by Crippen LogP contribution is 2.63. The Labute approximate surface area is 162 Å².